The summed E-state index contributed by atoms with van der Waals surface area (Å²) in [7, 11) is 0. The van der Waals surface area contributed by atoms with Crippen molar-refractivity contribution in [2.24, 2.45) is 5.41 Å². The summed E-state index contributed by atoms with van der Waals surface area (Å²) >= 11 is 0. The quantitative estimate of drug-likeness (QED) is 0.838. The summed E-state index contributed by atoms with van der Waals surface area (Å²) in [4.78, 5) is 4.23. The Morgan fingerprint density at radius 2 is 2.33 bits per heavy atom. The number of aromatic nitrogens is 1. The second-order valence-electron chi connectivity index (χ2n) is 5.88. The molecule has 1 aromatic heterocycles. The van der Waals surface area contributed by atoms with Crippen molar-refractivity contribution < 1.29 is 0 Å². The molecule has 1 atom stereocenters. The van der Waals surface area contributed by atoms with E-state index in [9.17, 15) is 0 Å². The zero-order valence-electron chi connectivity index (χ0n) is 11.0. The topological polar surface area (TPSA) is 74.7 Å². The fourth-order valence-electron chi connectivity index (χ4n) is 2.68. The first kappa shape index (κ1) is 12.7. The fourth-order valence-corrected chi connectivity index (χ4v) is 2.68. The molecule has 0 radical (unpaired) electrons. The molecular weight excluding hydrogens is 224 g/mol. The lowest BCUT2D eigenvalue weighted by atomic mass is 9.75. The molecule has 4 heteroatoms. The third kappa shape index (κ3) is 2.92. The predicted molar refractivity (Wildman–Crippen MR) is 73.0 cm³/mol. The molecule has 96 valence electrons. The van der Waals surface area contributed by atoms with Gasteiger partial charge >= 0.3 is 0 Å². The predicted octanol–water partition coefficient (Wildman–Crippen LogP) is 2.92. The number of hydrogen-bond acceptors (Lipinski definition) is 4. The third-order valence-electron chi connectivity index (χ3n) is 3.59. The lowest BCUT2D eigenvalue weighted by Crippen LogP contribution is -2.32. The minimum absolute atomic E-state index is 0.386. The number of nitrogens with zero attached hydrogens (tertiary/aromatic N) is 2. The van der Waals surface area contributed by atoms with E-state index in [0.717, 1.165) is 12.8 Å². The zero-order chi connectivity index (χ0) is 13.2. The van der Waals surface area contributed by atoms with E-state index in [2.05, 4.69) is 24.1 Å². The van der Waals surface area contributed by atoms with Crippen LogP contribution in [0.15, 0.2) is 12.3 Å². The highest BCUT2D eigenvalue weighted by atomic mass is 15.0. The number of rotatable bonds is 2. The first-order valence-corrected chi connectivity index (χ1v) is 6.42. The molecule has 1 aromatic rings. The van der Waals surface area contributed by atoms with Crippen LogP contribution in [0.3, 0.4) is 0 Å². The van der Waals surface area contributed by atoms with Gasteiger partial charge in [-0.25, -0.2) is 4.98 Å². The van der Waals surface area contributed by atoms with Crippen LogP contribution in [0, 0.1) is 16.7 Å². The van der Waals surface area contributed by atoms with Crippen LogP contribution in [0.2, 0.25) is 0 Å². The maximum Gasteiger partial charge on any atom is 0.149 e. The summed E-state index contributed by atoms with van der Waals surface area (Å²) < 4.78 is 0. The Hall–Kier alpha value is -1.76. The molecule has 0 amide bonds. The van der Waals surface area contributed by atoms with E-state index >= 15 is 0 Å². The summed E-state index contributed by atoms with van der Waals surface area (Å²) in [6.45, 7) is 4.60. The molecule has 18 heavy (non-hydrogen) atoms. The zero-order valence-corrected chi connectivity index (χ0v) is 11.0. The Morgan fingerprint density at radius 1 is 1.56 bits per heavy atom. The molecule has 1 aliphatic rings. The fraction of sp³-hybridized carbons (Fsp3) is 0.571. The molecule has 4 nitrogen and oxygen atoms in total. The molecule has 0 aliphatic heterocycles. The molecule has 3 N–H and O–H groups in total. The molecule has 1 fully saturated rings. The largest absolute Gasteiger partial charge is 0.396 e. The molecule has 0 saturated heterocycles. The van der Waals surface area contributed by atoms with Gasteiger partial charge in [-0.15, -0.1) is 0 Å². The summed E-state index contributed by atoms with van der Waals surface area (Å²) in [5, 5.41) is 12.2. The lowest BCUT2D eigenvalue weighted by Gasteiger charge is -2.35. The molecule has 0 bridgehead atoms. The third-order valence-corrected chi connectivity index (χ3v) is 3.59. The standard InChI is InChI=1S/C14H20N4/c1-14(2)5-3-4-11(7-14)18-13-12(16)6-10(8-15)9-17-13/h6,9,11H,3-5,7,16H2,1-2H3,(H,17,18). The van der Waals surface area contributed by atoms with Crippen molar-refractivity contribution >= 4 is 11.5 Å². The number of pyridine rings is 1. The van der Waals surface area contributed by atoms with Gasteiger partial charge in [-0.2, -0.15) is 5.26 Å². The van der Waals surface area contributed by atoms with Crippen molar-refractivity contribution in [3.8, 4) is 6.07 Å². The van der Waals surface area contributed by atoms with Gasteiger partial charge in [0, 0.05) is 12.2 Å². The van der Waals surface area contributed by atoms with Crippen molar-refractivity contribution in [1.82, 2.24) is 4.98 Å². The van der Waals surface area contributed by atoms with E-state index in [1.807, 2.05) is 6.07 Å². The summed E-state index contributed by atoms with van der Waals surface area (Å²) in [5.74, 6) is 0.705. The molecule has 2 rings (SSSR count). The highest BCUT2D eigenvalue weighted by Gasteiger charge is 2.28. The van der Waals surface area contributed by atoms with Crippen LogP contribution in [-0.4, -0.2) is 11.0 Å². The van der Waals surface area contributed by atoms with Crippen molar-refractivity contribution in [2.75, 3.05) is 11.1 Å². The van der Waals surface area contributed by atoms with Crippen LogP contribution in [0.5, 0.6) is 0 Å². The van der Waals surface area contributed by atoms with Crippen LogP contribution >= 0.6 is 0 Å². The van der Waals surface area contributed by atoms with Crippen LogP contribution in [0.1, 0.15) is 45.1 Å². The Morgan fingerprint density at radius 3 is 2.94 bits per heavy atom. The van der Waals surface area contributed by atoms with Gasteiger partial charge in [0.15, 0.2) is 0 Å². The monoisotopic (exact) mass is 244 g/mol. The van der Waals surface area contributed by atoms with Crippen LogP contribution < -0.4 is 11.1 Å². The highest BCUT2D eigenvalue weighted by molar-refractivity contribution is 5.63. The van der Waals surface area contributed by atoms with E-state index in [1.165, 1.54) is 12.8 Å². The average Bonchev–Trinajstić information content (AvgIpc) is 2.30. The number of nitrogens with one attached hydrogen (secondary N) is 1. The van der Waals surface area contributed by atoms with E-state index in [-0.39, 0.29) is 0 Å². The molecular formula is C14H20N4. The average molecular weight is 244 g/mol. The van der Waals surface area contributed by atoms with E-state index in [1.54, 1.807) is 12.3 Å². The Bertz CT molecular complexity index is 473. The molecule has 1 saturated carbocycles. The maximum absolute atomic E-state index is 8.78. The van der Waals surface area contributed by atoms with Gasteiger partial charge in [0.1, 0.15) is 11.9 Å². The molecule has 1 heterocycles. The minimum atomic E-state index is 0.386. The lowest BCUT2D eigenvalue weighted by molar-refractivity contribution is 0.229. The summed E-state index contributed by atoms with van der Waals surface area (Å²) in [6, 6.07) is 4.14. The van der Waals surface area contributed by atoms with Crippen molar-refractivity contribution in [3.05, 3.63) is 17.8 Å². The molecule has 1 unspecified atom stereocenters. The molecule has 0 spiro atoms. The maximum atomic E-state index is 8.78. The van der Waals surface area contributed by atoms with Gasteiger partial charge in [0.25, 0.3) is 0 Å². The Labute approximate surface area is 108 Å². The van der Waals surface area contributed by atoms with Crippen LogP contribution in [-0.2, 0) is 0 Å². The van der Waals surface area contributed by atoms with Crippen molar-refractivity contribution in [1.29, 1.82) is 5.26 Å². The van der Waals surface area contributed by atoms with Crippen LogP contribution in [0.4, 0.5) is 11.5 Å². The van der Waals surface area contributed by atoms with E-state index in [0.29, 0.717) is 28.5 Å². The number of nitriles is 1. The number of nitrogen functional groups attached to an aromatic ring is 1. The highest BCUT2D eigenvalue weighted by Crippen LogP contribution is 2.36. The van der Waals surface area contributed by atoms with Gasteiger partial charge in [0.05, 0.1) is 11.3 Å². The Kier molecular flexibility index (Phi) is 3.42. The minimum Gasteiger partial charge on any atom is -0.396 e. The molecule has 0 aromatic carbocycles. The number of hydrogen-bond donors (Lipinski definition) is 2. The summed E-state index contributed by atoms with van der Waals surface area (Å²) in [5.41, 5.74) is 7.35. The van der Waals surface area contributed by atoms with Gasteiger partial charge < -0.3 is 11.1 Å². The normalized spacial score (nSPS) is 22.2. The number of nitrogens with two attached hydrogens (primary N) is 1. The second-order valence-corrected chi connectivity index (χ2v) is 5.88. The van der Waals surface area contributed by atoms with Crippen molar-refractivity contribution in [3.63, 3.8) is 0 Å². The summed E-state index contributed by atoms with van der Waals surface area (Å²) in [6.07, 6.45) is 6.37. The van der Waals surface area contributed by atoms with Gasteiger partial charge in [0.2, 0.25) is 0 Å². The Balaban J connectivity index is 2.08. The first-order chi connectivity index (χ1) is 8.50. The van der Waals surface area contributed by atoms with Gasteiger partial charge in [-0.05, 0) is 30.7 Å². The van der Waals surface area contributed by atoms with Gasteiger partial charge in [-0.3, -0.25) is 0 Å². The second kappa shape index (κ2) is 4.85. The van der Waals surface area contributed by atoms with Gasteiger partial charge in [-0.1, -0.05) is 20.3 Å². The SMILES string of the molecule is CC1(C)CCCC(Nc2ncc(C#N)cc2N)C1. The molecule has 1 aliphatic carbocycles. The number of anilines is 2. The van der Waals surface area contributed by atoms with Crippen molar-refractivity contribution in [2.45, 2.75) is 45.6 Å². The smallest absolute Gasteiger partial charge is 0.149 e. The van der Waals surface area contributed by atoms with Crippen LogP contribution in [0.25, 0.3) is 0 Å². The first-order valence-electron chi connectivity index (χ1n) is 6.42. The van der Waals surface area contributed by atoms with E-state index < -0.39 is 0 Å². The van der Waals surface area contributed by atoms with E-state index in [4.69, 9.17) is 11.0 Å².